The lowest BCUT2D eigenvalue weighted by atomic mass is 10.1. The number of carbonyl (C=O) groups is 1. The van der Waals surface area contributed by atoms with E-state index in [9.17, 15) is 4.79 Å². The third-order valence-corrected chi connectivity index (χ3v) is 4.08. The predicted octanol–water partition coefficient (Wildman–Crippen LogP) is 4.13. The van der Waals surface area contributed by atoms with E-state index in [1.165, 1.54) is 11.8 Å². The summed E-state index contributed by atoms with van der Waals surface area (Å²) in [6, 6.07) is 12.9. The summed E-state index contributed by atoms with van der Waals surface area (Å²) in [5, 5.41) is 9.48. The highest BCUT2D eigenvalue weighted by Crippen LogP contribution is 2.35. The highest BCUT2D eigenvalue weighted by Gasteiger charge is 2.09. The summed E-state index contributed by atoms with van der Waals surface area (Å²) in [6.45, 7) is 0. The van der Waals surface area contributed by atoms with E-state index >= 15 is 0 Å². The lowest BCUT2D eigenvalue weighted by Crippen LogP contribution is -2.01. The first-order valence-corrected chi connectivity index (χ1v) is 7.10. The van der Waals surface area contributed by atoms with Crippen LogP contribution in [0.5, 0.6) is 5.75 Å². The molecular weight excluding hydrogens is 296 g/mol. The minimum atomic E-state index is -0.841. The van der Waals surface area contributed by atoms with E-state index in [0.717, 1.165) is 15.4 Å². The smallest absolute Gasteiger partial charge is 0.307 e. The number of ether oxygens (including phenoxy) is 1. The van der Waals surface area contributed by atoms with Crippen molar-refractivity contribution < 1.29 is 14.6 Å². The van der Waals surface area contributed by atoms with Crippen molar-refractivity contribution in [3.63, 3.8) is 0 Å². The molecule has 0 saturated carbocycles. The number of aliphatic carboxylic acids is 1. The Hall–Kier alpha value is -1.65. The number of carboxylic acid groups (broad SMARTS) is 1. The minimum Gasteiger partial charge on any atom is -0.495 e. The molecule has 0 amide bonds. The van der Waals surface area contributed by atoms with Gasteiger partial charge >= 0.3 is 5.97 Å². The topological polar surface area (TPSA) is 46.5 Å². The SMILES string of the molecule is COc1cc(Sc2ccccc2CC(=O)O)ccc1Cl. The second-order valence-corrected chi connectivity index (χ2v) is 5.60. The molecule has 2 aromatic carbocycles. The summed E-state index contributed by atoms with van der Waals surface area (Å²) in [5.41, 5.74) is 0.791. The molecule has 0 aromatic heterocycles. The molecule has 0 saturated heterocycles. The molecule has 5 heteroatoms. The molecule has 2 aromatic rings. The summed E-state index contributed by atoms with van der Waals surface area (Å²) < 4.78 is 5.18. The first-order valence-electron chi connectivity index (χ1n) is 5.91. The lowest BCUT2D eigenvalue weighted by molar-refractivity contribution is -0.136. The van der Waals surface area contributed by atoms with Gasteiger partial charge in [-0.2, -0.15) is 0 Å². The van der Waals surface area contributed by atoms with Crippen LogP contribution < -0.4 is 4.74 Å². The van der Waals surface area contributed by atoms with Gasteiger partial charge in [0.2, 0.25) is 0 Å². The molecule has 20 heavy (non-hydrogen) atoms. The van der Waals surface area contributed by atoms with Gasteiger partial charge in [0.1, 0.15) is 5.75 Å². The first-order chi connectivity index (χ1) is 9.60. The van der Waals surface area contributed by atoms with Gasteiger partial charge in [-0.3, -0.25) is 4.79 Å². The molecular formula is C15H13ClO3S. The van der Waals surface area contributed by atoms with Gasteiger partial charge in [0.15, 0.2) is 0 Å². The van der Waals surface area contributed by atoms with Crippen LogP contribution in [-0.4, -0.2) is 18.2 Å². The Morgan fingerprint density at radius 3 is 2.75 bits per heavy atom. The van der Waals surface area contributed by atoms with E-state index < -0.39 is 5.97 Å². The number of carboxylic acids is 1. The number of hydrogen-bond donors (Lipinski definition) is 1. The van der Waals surface area contributed by atoms with Crippen molar-refractivity contribution in [1.82, 2.24) is 0 Å². The third kappa shape index (κ3) is 3.68. The van der Waals surface area contributed by atoms with Crippen LogP contribution in [0.25, 0.3) is 0 Å². The van der Waals surface area contributed by atoms with E-state index in [-0.39, 0.29) is 6.42 Å². The summed E-state index contributed by atoms with van der Waals surface area (Å²) >= 11 is 7.48. The third-order valence-electron chi connectivity index (χ3n) is 2.66. The second-order valence-electron chi connectivity index (χ2n) is 4.08. The van der Waals surface area contributed by atoms with Gasteiger partial charge in [0.05, 0.1) is 18.6 Å². The Kier molecular flexibility index (Phi) is 4.93. The second kappa shape index (κ2) is 6.68. The van der Waals surface area contributed by atoms with Gasteiger partial charge in [-0.25, -0.2) is 0 Å². The summed E-state index contributed by atoms with van der Waals surface area (Å²) in [6.07, 6.45) is 0.00784. The number of rotatable bonds is 5. The van der Waals surface area contributed by atoms with Crippen LogP contribution in [0.4, 0.5) is 0 Å². The Bertz CT molecular complexity index is 628. The van der Waals surface area contributed by atoms with E-state index in [4.69, 9.17) is 21.4 Å². The van der Waals surface area contributed by atoms with Crippen LogP contribution in [0.3, 0.4) is 0 Å². The van der Waals surface area contributed by atoms with Gasteiger partial charge in [-0.15, -0.1) is 0 Å². The molecule has 0 atom stereocenters. The molecule has 0 bridgehead atoms. The molecule has 0 aliphatic heterocycles. The highest BCUT2D eigenvalue weighted by molar-refractivity contribution is 7.99. The van der Waals surface area contributed by atoms with E-state index in [2.05, 4.69) is 0 Å². The van der Waals surface area contributed by atoms with Gasteiger partial charge < -0.3 is 9.84 Å². The fourth-order valence-corrected chi connectivity index (χ4v) is 2.91. The highest BCUT2D eigenvalue weighted by atomic mass is 35.5. The monoisotopic (exact) mass is 308 g/mol. The predicted molar refractivity (Wildman–Crippen MR) is 79.9 cm³/mol. The van der Waals surface area contributed by atoms with E-state index in [1.807, 2.05) is 36.4 Å². The van der Waals surface area contributed by atoms with Crippen LogP contribution in [0.15, 0.2) is 52.3 Å². The van der Waals surface area contributed by atoms with E-state index in [1.54, 1.807) is 13.2 Å². The summed E-state index contributed by atoms with van der Waals surface area (Å²) in [5.74, 6) is -0.237. The standard InChI is InChI=1S/C15H13ClO3S/c1-19-13-9-11(6-7-12(13)16)20-14-5-3-2-4-10(14)8-15(17)18/h2-7,9H,8H2,1H3,(H,17,18). The number of hydrogen-bond acceptors (Lipinski definition) is 3. The molecule has 2 rings (SSSR count). The first kappa shape index (κ1) is 14.8. The molecule has 0 unspecified atom stereocenters. The van der Waals surface area contributed by atoms with Crippen molar-refractivity contribution in [2.24, 2.45) is 0 Å². The van der Waals surface area contributed by atoms with Crippen molar-refractivity contribution in [2.45, 2.75) is 16.2 Å². The molecule has 1 N–H and O–H groups in total. The molecule has 0 heterocycles. The maximum Gasteiger partial charge on any atom is 0.307 e. The number of benzene rings is 2. The van der Waals surface area contributed by atoms with Crippen LogP contribution >= 0.6 is 23.4 Å². The normalized spacial score (nSPS) is 10.3. The Labute approximate surface area is 126 Å². The molecule has 0 radical (unpaired) electrons. The van der Waals surface area contributed by atoms with E-state index in [0.29, 0.717) is 10.8 Å². The largest absolute Gasteiger partial charge is 0.495 e. The van der Waals surface area contributed by atoms with Gasteiger partial charge in [0.25, 0.3) is 0 Å². The maximum absolute atomic E-state index is 10.9. The van der Waals surface area contributed by atoms with Crippen molar-refractivity contribution >= 4 is 29.3 Å². The van der Waals surface area contributed by atoms with Gasteiger partial charge in [-0.05, 0) is 29.8 Å². The number of halogens is 1. The lowest BCUT2D eigenvalue weighted by Gasteiger charge is -2.09. The molecule has 0 aliphatic rings. The zero-order valence-electron chi connectivity index (χ0n) is 10.8. The summed E-state index contributed by atoms with van der Waals surface area (Å²) in [7, 11) is 1.56. The zero-order chi connectivity index (χ0) is 14.5. The average molecular weight is 309 g/mol. The summed E-state index contributed by atoms with van der Waals surface area (Å²) in [4.78, 5) is 12.7. The Balaban J connectivity index is 2.28. The van der Waals surface area contributed by atoms with Crippen LogP contribution in [0.1, 0.15) is 5.56 Å². The molecule has 0 spiro atoms. The zero-order valence-corrected chi connectivity index (χ0v) is 12.4. The van der Waals surface area contributed by atoms with Crippen molar-refractivity contribution in [1.29, 1.82) is 0 Å². The average Bonchev–Trinajstić information content (AvgIpc) is 2.42. The Morgan fingerprint density at radius 1 is 1.30 bits per heavy atom. The van der Waals surface area contributed by atoms with Gasteiger partial charge in [-0.1, -0.05) is 41.6 Å². The minimum absolute atomic E-state index is 0.00784. The van der Waals surface area contributed by atoms with Crippen LogP contribution in [0, 0.1) is 0 Å². The van der Waals surface area contributed by atoms with Crippen molar-refractivity contribution in [3.05, 3.63) is 53.1 Å². The molecule has 3 nitrogen and oxygen atoms in total. The quantitative estimate of drug-likeness (QED) is 0.902. The van der Waals surface area contributed by atoms with Crippen LogP contribution in [0.2, 0.25) is 5.02 Å². The van der Waals surface area contributed by atoms with Crippen molar-refractivity contribution in [2.75, 3.05) is 7.11 Å². The fraction of sp³-hybridized carbons (Fsp3) is 0.133. The molecule has 104 valence electrons. The Morgan fingerprint density at radius 2 is 2.05 bits per heavy atom. The number of methoxy groups -OCH3 is 1. The van der Waals surface area contributed by atoms with Crippen LogP contribution in [-0.2, 0) is 11.2 Å². The van der Waals surface area contributed by atoms with Gasteiger partial charge in [0, 0.05) is 9.79 Å². The maximum atomic E-state index is 10.9. The van der Waals surface area contributed by atoms with Crippen molar-refractivity contribution in [3.8, 4) is 5.75 Å². The molecule has 0 aliphatic carbocycles. The fourth-order valence-electron chi connectivity index (χ4n) is 1.74. The molecule has 0 fully saturated rings.